The number of carbonyl (C=O) groups is 3. The van der Waals surface area contributed by atoms with Gasteiger partial charge in [0.2, 0.25) is 18.6 Å². The zero-order valence-corrected chi connectivity index (χ0v) is 22.0. The van der Waals surface area contributed by atoms with E-state index < -0.39 is 12.8 Å². The van der Waals surface area contributed by atoms with E-state index in [1.165, 1.54) is 18.9 Å². The SMILES string of the molecule is CC(=O)Nc1c(I)c(NC(C)=O)c(I)c(C(=O)OCON(CCO)CCO)c1I. The van der Waals surface area contributed by atoms with E-state index in [0.717, 1.165) is 0 Å². The van der Waals surface area contributed by atoms with Crippen LogP contribution in [-0.2, 0) is 19.2 Å². The molecule has 0 fully saturated rings. The van der Waals surface area contributed by atoms with Gasteiger partial charge in [0, 0.05) is 26.9 Å². The number of halogens is 3. The molecule has 0 saturated heterocycles. The second-order valence-electron chi connectivity index (χ2n) is 5.48. The number of amides is 2. The molecule has 4 N–H and O–H groups in total. The van der Waals surface area contributed by atoms with Gasteiger partial charge < -0.3 is 25.6 Å². The van der Waals surface area contributed by atoms with Crippen molar-refractivity contribution in [2.75, 3.05) is 43.7 Å². The van der Waals surface area contributed by atoms with E-state index in [0.29, 0.717) is 22.1 Å². The van der Waals surface area contributed by atoms with Gasteiger partial charge in [0.05, 0.1) is 40.9 Å². The Balaban J connectivity index is 3.19. The lowest BCUT2D eigenvalue weighted by Crippen LogP contribution is -2.31. The largest absolute Gasteiger partial charge is 0.433 e. The first-order chi connectivity index (χ1) is 13.6. The first kappa shape index (κ1) is 26.7. The zero-order chi connectivity index (χ0) is 22.1. The Bertz CT molecular complexity index is 728. The molecule has 29 heavy (non-hydrogen) atoms. The third-order valence-electron chi connectivity index (χ3n) is 3.25. The fourth-order valence-electron chi connectivity index (χ4n) is 2.11. The average Bonchev–Trinajstić information content (AvgIpc) is 2.62. The number of aliphatic hydroxyl groups excluding tert-OH is 2. The predicted molar refractivity (Wildman–Crippen MR) is 130 cm³/mol. The number of esters is 1. The lowest BCUT2D eigenvalue weighted by atomic mass is 10.1. The molecule has 0 atom stereocenters. The van der Waals surface area contributed by atoms with Crippen molar-refractivity contribution in [3.63, 3.8) is 0 Å². The molecule has 0 heterocycles. The molecule has 0 spiro atoms. The van der Waals surface area contributed by atoms with E-state index in [1.54, 1.807) is 0 Å². The Hall–Kier alpha value is -0.340. The summed E-state index contributed by atoms with van der Waals surface area (Å²) in [5.41, 5.74) is 0.939. The lowest BCUT2D eigenvalue weighted by molar-refractivity contribution is -0.215. The van der Waals surface area contributed by atoms with Gasteiger partial charge in [0.15, 0.2) is 0 Å². The highest BCUT2D eigenvalue weighted by molar-refractivity contribution is 14.1. The minimum atomic E-state index is -0.721. The van der Waals surface area contributed by atoms with Gasteiger partial charge in [-0.15, -0.1) is 0 Å². The van der Waals surface area contributed by atoms with Crippen molar-refractivity contribution in [1.29, 1.82) is 0 Å². The quantitative estimate of drug-likeness (QED) is 0.123. The molecule has 0 bridgehead atoms. The number of carbonyl (C=O) groups excluding carboxylic acids is 3. The Morgan fingerprint density at radius 1 is 0.897 bits per heavy atom. The summed E-state index contributed by atoms with van der Waals surface area (Å²) in [6.07, 6.45) is 0. The molecule has 162 valence electrons. The van der Waals surface area contributed by atoms with E-state index in [1.807, 2.05) is 67.8 Å². The van der Waals surface area contributed by atoms with Crippen LogP contribution in [0.15, 0.2) is 0 Å². The maximum Gasteiger partial charge on any atom is 0.342 e. The molecule has 0 aliphatic carbocycles. The van der Waals surface area contributed by atoms with Crippen LogP contribution in [0.25, 0.3) is 0 Å². The molecule has 2 amide bonds. The number of nitrogens with zero attached hydrogens (tertiary/aromatic N) is 1. The molecule has 0 aliphatic heterocycles. The van der Waals surface area contributed by atoms with Gasteiger partial charge in [-0.1, -0.05) is 0 Å². The summed E-state index contributed by atoms with van der Waals surface area (Å²) in [7, 11) is 0. The van der Waals surface area contributed by atoms with Crippen LogP contribution in [0.4, 0.5) is 11.4 Å². The molecular weight excluding hydrogens is 727 g/mol. The second kappa shape index (κ2) is 13.2. The van der Waals surface area contributed by atoms with Crippen LogP contribution >= 0.6 is 67.8 Å². The van der Waals surface area contributed by atoms with Gasteiger partial charge in [-0.25, -0.2) is 4.79 Å². The number of rotatable bonds is 10. The first-order valence-electron chi connectivity index (χ1n) is 8.16. The number of aliphatic hydroxyl groups is 2. The number of hydroxylamine groups is 2. The summed E-state index contributed by atoms with van der Waals surface area (Å²) in [6, 6.07) is 0. The molecule has 0 saturated carbocycles. The van der Waals surface area contributed by atoms with Crippen molar-refractivity contribution < 1.29 is 34.2 Å². The first-order valence-corrected chi connectivity index (χ1v) is 11.4. The fraction of sp³-hybridized carbons (Fsp3) is 0.438. The van der Waals surface area contributed by atoms with Crippen LogP contribution in [0.1, 0.15) is 24.2 Å². The number of hydrogen-bond acceptors (Lipinski definition) is 8. The molecule has 0 radical (unpaired) electrons. The summed E-state index contributed by atoms with van der Waals surface area (Å²) < 4.78 is 6.65. The zero-order valence-electron chi connectivity index (χ0n) is 15.6. The van der Waals surface area contributed by atoms with Crippen LogP contribution in [0.3, 0.4) is 0 Å². The maximum atomic E-state index is 12.7. The molecule has 1 aromatic rings. The molecule has 1 rings (SSSR count). The second-order valence-corrected chi connectivity index (χ2v) is 8.72. The standard InChI is InChI=1S/C16H20I3N3O7/c1-8(25)20-14-11(17)10(12(18)15(13(14)19)21-9(2)26)16(27)28-7-29-22(3-5-23)4-6-24/h23-24H,3-7H2,1-2H3,(H,20,25)(H,21,26). The summed E-state index contributed by atoms with van der Waals surface area (Å²) in [5, 5.41) is 24.6. The van der Waals surface area contributed by atoms with E-state index in [-0.39, 0.29) is 43.7 Å². The van der Waals surface area contributed by atoms with Crippen molar-refractivity contribution in [1.82, 2.24) is 5.06 Å². The monoisotopic (exact) mass is 747 g/mol. The molecule has 1 aromatic carbocycles. The predicted octanol–water partition coefficient (Wildman–Crippen LogP) is 1.75. The third-order valence-corrected chi connectivity index (χ3v) is 6.48. The third kappa shape index (κ3) is 8.02. The minimum Gasteiger partial charge on any atom is -0.433 e. The number of anilines is 2. The maximum absolute atomic E-state index is 12.7. The van der Waals surface area contributed by atoms with Gasteiger partial charge in [-0.05, 0) is 67.8 Å². The van der Waals surface area contributed by atoms with Gasteiger partial charge in [0.1, 0.15) is 0 Å². The summed E-state index contributed by atoms with van der Waals surface area (Å²) >= 11 is 5.84. The van der Waals surface area contributed by atoms with Crippen molar-refractivity contribution in [3.8, 4) is 0 Å². The minimum absolute atomic E-state index is 0.135. The summed E-state index contributed by atoms with van der Waals surface area (Å²) in [5.74, 6) is -1.38. The van der Waals surface area contributed by atoms with E-state index in [2.05, 4.69) is 10.6 Å². The molecule has 0 unspecified atom stereocenters. The van der Waals surface area contributed by atoms with Crippen LogP contribution < -0.4 is 10.6 Å². The van der Waals surface area contributed by atoms with Gasteiger partial charge in [-0.2, -0.15) is 5.06 Å². The molecular formula is C16H20I3N3O7. The lowest BCUT2D eigenvalue weighted by Gasteiger charge is -2.21. The summed E-state index contributed by atoms with van der Waals surface area (Å²) in [6.45, 7) is 2.12. The van der Waals surface area contributed by atoms with E-state index in [4.69, 9.17) is 19.8 Å². The van der Waals surface area contributed by atoms with Gasteiger partial charge in [0.25, 0.3) is 0 Å². The van der Waals surface area contributed by atoms with Crippen molar-refractivity contribution in [2.45, 2.75) is 13.8 Å². The highest BCUT2D eigenvalue weighted by Crippen LogP contribution is 2.39. The van der Waals surface area contributed by atoms with E-state index >= 15 is 0 Å². The number of hydrogen-bond donors (Lipinski definition) is 4. The number of benzene rings is 1. The van der Waals surface area contributed by atoms with Crippen LogP contribution in [0.2, 0.25) is 0 Å². The van der Waals surface area contributed by atoms with Gasteiger partial charge in [-0.3, -0.25) is 14.4 Å². The topological polar surface area (TPSA) is 137 Å². The van der Waals surface area contributed by atoms with Crippen LogP contribution in [0.5, 0.6) is 0 Å². The molecule has 10 nitrogen and oxygen atoms in total. The van der Waals surface area contributed by atoms with Crippen molar-refractivity contribution >= 4 is 96.9 Å². The Morgan fingerprint density at radius 2 is 1.34 bits per heavy atom. The normalized spacial score (nSPS) is 10.8. The highest BCUT2D eigenvalue weighted by atomic mass is 127. The van der Waals surface area contributed by atoms with Gasteiger partial charge >= 0.3 is 5.97 Å². The highest BCUT2D eigenvalue weighted by Gasteiger charge is 2.26. The number of nitrogens with one attached hydrogen (secondary N) is 2. The van der Waals surface area contributed by atoms with Crippen molar-refractivity contribution in [3.05, 3.63) is 16.3 Å². The Kier molecular flexibility index (Phi) is 12.1. The van der Waals surface area contributed by atoms with E-state index in [9.17, 15) is 14.4 Å². The summed E-state index contributed by atoms with van der Waals surface area (Å²) in [4.78, 5) is 41.1. The Morgan fingerprint density at radius 3 is 1.72 bits per heavy atom. The smallest absolute Gasteiger partial charge is 0.342 e. The van der Waals surface area contributed by atoms with Crippen LogP contribution in [0, 0.1) is 10.7 Å². The average molecular weight is 747 g/mol. The molecule has 13 heteroatoms. The van der Waals surface area contributed by atoms with Crippen molar-refractivity contribution in [2.24, 2.45) is 0 Å². The Labute approximate surface area is 208 Å². The number of ether oxygens (including phenoxy) is 1. The van der Waals surface area contributed by atoms with Crippen LogP contribution in [-0.4, -0.2) is 66.2 Å². The molecule has 0 aliphatic rings. The molecule has 0 aromatic heterocycles. The fourth-order valence-corrected chi connectivity index (χ4v) is 6.25.